The van der Waals surface area contributed by atoms with E-state index in [9.17, 15) is 5.11 Å². The van der Waals surface area contributed by atoms with E-state index in [4.69, 9.17) is 18.6 Å². The predicted octanol–water partition coefficient (Wildman–Crippen LogP) is 6.47. The zero-order chi connectivity index (χ0) is 26.0. The number of ether oxygens (including phenoxy) is 3. The zero-order valence-corrected chi connectivity index (χ0v) is 24.3. The fourth-order valence-electron chi connectivity index (χ4n) is 6.35. The van der Waals surface area contributed by atoms with Gasteiger partial charge in [-0.25, -0.2) is 0 Å². The number of benzene rings is 1. The van der Waals surface area contributed by atoms with Crippen molar-refractivity contribution in [1.29, 1.82) is 0 Å². The Morgan fingerprint density at radius 2 is 1.57 bits per heavy atom. The first kappa shape index (κ1) is 28.5. The van der Waals surface area contributed by atoms with E-state index in [0.29, 0.717) is 29.8 Å². The summed E-state index contributed by atoms with van der Waals surface area (Å²) >= 11 is 0. The van der Waals surface area contributed by atoms with Gasteiger partial charge < -0.3 is 23.7 Å². The average Bonchev–Trinajstić information content (AvgIpc) is 2.79. The molecule has 2 bridgehead atoms. The Morgan fingerprint density at radius 1 is 0.971 bits per heavy atom. The molecule has 0 radical (unpaired) electrons. The van der Waals surface area contributed by atoms with Crippen molar-refractivity contribution in [3.8, 4) is 0 Å². The third-order valence-electron chi connectivity index (χ3n) is 8.41. The quantitative estimate of drug-likeness (QED) is 0.276. The van der Waals surface area contributed by atoms with Crippen LogP contribution in [0.4, 0.5) is 0 Å². The van der Waals surface area contributed by atoms with Crippen LogP contribution >= 0.6 is 0 Å². The van der Waals surface area contributed by atoms with E-state index in [1.165, 1.54) is 0 Å². The van der Waals surface area contributed by atoms with E-state index >= 15 is 0 Å². The highest BCUT2D eigenvalue weighted by Gasteiger charge is 2.59. The Morgan fingerprint density at radius 3 is 2.14 bits per heavy atom. The van der Waals surface area contributed by atoms with Crippen LogP contribution in [0, 0.1) is 11.8 Å². The summed E-state index contributed by atoms with van der Waals surface area (Å²) in [6.07, 6.45) is 3.66. The fourth-order valence-corrected chi connectivity index (χ4v) is 11.8. The van der Waals surface area contributed by atoms with Gasteiger partial charge >= 0.3 is 0 Å². The summed E-state index contributed by atoms with van der Waals surface area (Å²) in [5.41, 5.74) is 1.10. The highest BCUT2D eigenvalue weighted by atomic mass is 28.4. The Kier molecular flexibility index (Phi) is 9.10. The molecular weight excluding hydrogens is 456 g/mol. The summed E-state index contributed by atoms with van der Waals surface area (Å²) in [7, 11) is -2.16. The van der Waals surface area contributed by atoms with Crippen molar-refractivity contribution in [3.63, 3.8) is 0 Å². The molecule has 0 unspecified atom stereocenters. The summed E-state index contributed by atoms with van der Waals surface area (Å²) in [5, 5.41) is 11.9. The molecule has 35 heavy (non-hydrogen) atoms. The maximum absolute atomic E-state index is 11.9. The molecule has 0 aliphatic carbocycles. The number of hydrogen-bond acceptors (Lipinski definition) is 5. The first-order valence-electron chi connectivity index (χ1n) is 13.4. The van der Waals surface area contributed by atoms with Gasteiger partial charge in [0.05, 0.1) is 32.0 Å². The van der Waals surface area contributed by atoms with Gasteiger partial charge in [-0.15, -0.1) is 0 Å². The summed E-state index contributed by atoms with van der Waals surface area (Å²) in [4.78, 5) is 0. The van der Waals surface area contributed by atoms with Crippen LogP contribution in [0.25, 0.3) is 0 Å². The molecule has 1 fully saturated rings. The molecule has 5 nitrogen and oxygen atoms in total. The molecule has 0 spiro atoms. The van der Waals surface area contributed by atoms with Crippen LogP contribution < -0.4 is 0 Å². The van der Waals surface area contributed by atoms with Crippen LogP contribution in [0.2, 0.25) is 16.6 Å². The monoisotopic (exact) mass is 504 g/mol. The summed E-state index contributed by atoms with van der Waals surface area (Å²) in [5.74, 6) is -0.885. The molecule has 1 aromatic carbocycles. The van der Waals surface area contributed by atoms with Crippen molar-refractivity contribution in [2.75, 3.05) is 13.2 Å². The predicted molar refractivity (Wildman–Crippen MR) is 144 cm³/mol. The van der Waals surface area contributed by atoms with Gasteiger partial charge in [-0.3, -0.25) is 0 Å². The number of hydrogen-bond donors (Lipinski definition) is 1. The lowest BCUT2D eigenvalue weighted by molar-refractivity contribution is -0.383. The third-order valence-corrected chi connectivity index (χ3v) is 14.5. The molecule has 198 valence electrons. The molecule has 0 aromatic heterocycles. The third kappa shape index (κ3) is 5.63. The number of rotatable bonds is 11. The molecular formula is C29H48O5Si. The maximum Gasteiger partial charge on any atom is 0.201 e. The van der Waals surface area contributed by atoms with Gasteiger partial charge in [-0.05, 0) is 35.2 Å². The molecule has 6 atom stereocenters. The fraction of sp³-hybridized carbons (Fsp3) is 0.724. The molecule has 1 N–H and O–H groups in total. The van der Waals surface area contributed by atoms with Gasteiger partial charge in [0.15, 0.2) is 13.9 Å². The second-order valence-corrected chi connectivity index (χ2v) is 17.3. The van der Waals surface area contributed by atoms with Crippen LogP contribution in [0.15, 0.2) is 42.5 Å². The van der Waals surface area contributed by atoms with Crippen molar-refractivity contribution in [3.05, 3.63) is 48.0 Å². The number of fused-ring (bicyclic) bond motifs is 2. The summed E-state index contributed by atoms with van der Waals surface area (Å²) in [6, 6.07) is 10.2. The van der Waals surface area contributed by atoms with Crippen molar-refractivity contribution in [2.45, 2.75) is 109 Å². The minimum atomic E-state index is -2.16. The molecule has 2 aliphatic rings. The Hall–Kier alpha value is -1.02. The van der Waals surface area contributed by atoms with Crippen molar-refractivity contribution < 1.29 is 23.7 Å². The molecule has 2 aliphatic heterocycles. The van der Waals surface area contributed by atoms with Crippen LogP contribution in [0.1, 0.15) is 67.9 Å². The van der Waals surface area contributed by atoms with Gasteiger partial charge in [-0.2, -0.15) is 0 Å². The first-order chi connectivity index (χ1) is 16.4. The second-order valence-electron chi connectivity index (χ2n) is 11.8. The maximum atomic E-state index is 11.9. The van der Waals surface area contributed by atoms with Gasteiger partial charge in [0.25, 0.3) is 0 Å². The van der Waals surface area contributed by atoms with E-state index in [2.05, 4.69) is 67.5 Å². The first-order valence-corrected chi connectivity index (χ1v) is 15.5. The van der Waals surface area contributed by atoms with E-state index in [1.807, 2.05) is 37.3 Å². The molecule has 2 heterocycles. The summed E-state index contributed by atoms with van der Waals surface area (Å²) < 4.78 is 25.8. The largest absolute Gasteiger partial charge is 0.413 e. The SMILES string of the molecule is CC(C)[Si](OC[C@]1(O)C=C[C@H]2O[C@]1(C)O[C@H]([C@H](C)COCc1ccccc1)[C@H]2C)(C(C)C)C(C)C. The van der Waals surface area contributed by atoms with Crippen LogP contribution in [0.5, 0.6) is 0 Å². The Labute approximate surface area is 214 Å². The lowest BCUT2D eigenvalue weighted by Gasteiger charge is -2.56. The molecule has 1 saturated heterocycles. The normalized spacial score (nSPS) is 32.0. The topological polar surface area (TPSA) is 57.2 Å². The highest BCUT2D eigenvalue weighted by Crippen LogP contribution is 2.47. The number of aliphatic hydroxyl groups is 1. The minimum Gasteiger partial charge on any atom is -0.413 e. The zero-order valence-electron chi connectivity index (χ0n) is 23.3. The minimum absolute atomic E-state index is 0.103. The van der Waals surface area contributed by atoms with Gasteiger partial charge in [-0.1, -0.05) is 91.8 Å². The Balaban J connectivity index is 1.73. The summed E-state index contributed by atoms with van der Waals surface area (Å²) in [6.45, 7) is 21.1. The van der Waals surface area contributed by atoms with E-state index in [0.717, 1.165) is 5.56 Å². The lowest BCUT2D eigenvalue weighted by atomic mass is 9.81. The average molecular weight is 505 g/mol. The van der Waals surface area contributed by atoms with Crippen LogP contribution in [-0.4, -0.2) is 50.2 Å². The lowest BCUT2D eigenvalue weighted by Crippen LogP contribution is -2.68. The highest BCUT2D eigenvalue weighted by molar-refractivity contribution is 6.77. The van der Waals surface area contributed by atoms with Crippen LogP contribution in [0.3, 0.4) is 0 Å². The molecule has 6 heteroatoms. The van der Waals surface area contributed by atoms with Crippen molar-refractivity contribution >= 4 is 8.32 Å². The smallest absolute Gasteiger partial charge is 0.201 e. The van der Waals surface area contributed by atoms with E-state index in [-0.39, 0.29) is 30.7 Å². The van der Waals surface area contributed by atoms with Crippen molar-refractivity contribution in [1.82, 2.24) is 0 Å². The van der Waals surface area contributed by atoms with E-state index < -0.39 is 19.7 Å². The molecule has 0 saturated carbocycles. The molecule has 1 aromatic rings. The van der Waals surface area contributed by atoms with Gasteiger partial charge in [0, 0.05) is 11.8 Å². The van der Waals surface area contributed by atoms with Crippen LogP contribution in [-0.2, 0) is 25.2 Å². The molecule has 0 amide bonds. The Bertz CT molecular complexity index is 819. The van der Waals surface area contributed by atoms with Crippen molar-refractivity contribution in [2.24, 2.45) is 11.8 Å². The van der Waals surface area contributed by atoms with Gasteiger partial charge in [0.1, 0.15) is 0 Å². The standard InChI is InChI=1S/C29H48O5Si/c1-20(2)35(21(3)4,22(5)6)32-19-29(30)16-15-26-24(8)27(34-28(29,9)33-26)23(7)17-31-18-25-13-11-10-12-14-25/h10-16,20-24,26-27,30H,17-19H2,1-9H3/t23-,24+,26-,27-,28-,29-/m1/s1. The molecule has 3 rings (SSSR count). The second kappa shape index (κ2) is 11.2. The van der Waals surface area contributed by atoms with Gasteiger partial charge in [0.2, 0.25) is 5.79 Å². The van der Waals surface area contributed by atoms with E-state index in [1.54, 1.807) is 0 Å².